The number of benzene rings is 2. The van der Waals surface area contributed by atoms with Crippen molar-refractivity contribution in [2.45, 2.75) is 12.1 Å². The number of anilines is 1. The number of hydrogen-bond donors (Lipinski definition) is 3. The van der Waals surface area contributed by atoms with Crippen molar-refractivity contribution in [3.8, 4) is 5.75 Å². The number of amides is 2. The highest BCUT2D eigenvalue weighted by atomic mass is 79.9. The van der Waals surface area contributed by atoms with Gasteiger partial charge in [-0.3, -0.25) is 19.7 Å². The summed E-state index contributed by atoms with van der Waals surface area (Å²) in [6.45, 7) is 0. The highest BCUT2D eigenvalue weighted by Crippen LogP contribution is 2.47. The molecule has 4 atom stereocenters. The predicted octanol–water partition coefficient (Wildman–Crippen LogP) is 2.06. The molecular weight excluding hydrogens is 416 g/mol. The first-order chi connectivity index (χ1) is 12.9. The number of carbonyl (C=O) groups excluding carboxylic acids is 2. The smallest absolute Gasteiger partial charge is 0.321 e. The SMILES string of the molecule is O=C(O)[C@H]1N[C@@H](c2ccccc2O)[C@H]2C(=O)N(c3cccc(Br)c3)C(=O)[C@@H]21. The van der Waals surface area contributed by atoms with Gasteiger partial charge in [-0.2, -0.15) is 0 Å². The zero-order chi connectivity index (χ0) is 19.3. The monoisotopic (exact) mass is 430 g/mol. The molecule has 2 aliphatic rings. The summed E-state index contributed by atoms with van der Waals surface area (Å²) in [6.07, 6.45) is 0. The van der Waals surface area contributed by atoms with E-state index in [0.717, 1.165) is 4.90 Å². The maximum atomic E-state index is 13.1. The third-order valence-electron chi connectivity index (χ3n) is 5.08. The average molecular weight is 431 g/mol. The maximum absolute atomic E-state index is 13.1. The van der Waals surface area contributed by atoms with Gasteiger partial charge in [0.15, 0.2) is 0 Å². The lowest BCUT2D eigenvalue weighted by Gasteiger charge is -2.22. The van der Waals surface area contributed by atoms with Gasteiger partial charge in [0.1, 0.15) is 11.8 Å². The Balaban J connectivity index is 1.80. The van der Waals surface area contributed by atoms with E-state index in [1.54, 1.807) is 42.5 Å². The number of fused-ring (bicyclic) bond motifs is 1. The summed E-state index contributed by atoms with van der Waals surface area (Å²) in [5.41, 5.74) is 0.780. The number of nitrogens with zero attached hydrogens (tertiary/aromatic N) is 1. The van der Waals surface area contributed by atoms with Gasteiger partial charge in [-0.15, -0.1) is 0 Å². The molecule has 8 heteroatoms. The summed E-state index contributed by atoms with van der Waals surface area (Å²) in [5.74, 6) is -4.25. The first-order valence-corrected chi connectivity index (χ1v) is 9.09. The number of nitrogens with one attached hydrogen (secondary N) is 1. The second-order valence-electron chi connectivity index (χ2n) is 6.56. The summed E-state index contributed by atoms with van der Waals surface area (Å²) in [5, 5.41) is 22.6. The van der Waals surface area contributed by atoms with Crippen LogP contribution in [0.5, 0.6) is 5.75 Å². The van der Waals surface area contributed by atoms with Crippen LogP contribution >= 0.6 is 15.9 Å². The molecule has 27 heavy (non-hydrogen) atoms. The van der Waals surface area contributed by atoms with E-state index >= 15 is 0 Å². The van der Waals surface area contributed by atoms with Crippen molar-refractivity contribution in [1.29, 1.82) is 0 Å². The molecule has 138 valence electrons. The Morgan fingerprint density at radius 2 is 1.74 bits per heavy atom. The van der Waals surface area contributed by atoms with Crippen molar-refractivity contribution in [1.82, 2.24) is 5.32 Å². The number of rotatable bonds is 3. The lowest BCUT2D eigenvalue weighted by atomic mass is 9.86. The molecular formula is C19H15BrN2O5. The van der Waals surface area contributed by atoms with Crippen LogP contribution < -0.4 is 10.2 Å². The van der Waals surface area contributed by atoms with E-state index in [2.05, 4.69) is 21.2 Å². The zero-order valence-corrected chi connectivity index (χ0v) is 15.5. The molecule has 7 nitrogen and oxygen atoms in total. The van der Waals surface area contributed by atoms with E-state index in [4.69, 9.17) is 0 Å². The Bertz CT molecular complexity index is 963. The number of carbonyl (C=O) groups is 3. The van der Waals surface area contributed by atoms with Crippen LogP contribution in [-0.4, -0.2) is 34.0 Å². The molecule has 0 bridgehead atoms. The Kier molecular flexibility index (Phi) is 4.24. The number of phenols is 1. The van der Waals surface area contributed by atoms with Crippen LogP contribution in [0, 0.1) is 11.8 Å². The van der Waals surface area contributed by atoms with Crippen LogP contribution in [0.15, 0.2) is 53.0 Å². The number of carboxylic acids is 1. The van der Waals surface area contributed by atoms with Crippen molar-refractivity contribution in [3.05, 3.63) is 58.6 Å². The van der Waals surface area contributed by atoms with Gasteiger partial charge in [-0.25, -0.2) is 4.90 Å². The number of aliphatic carboxylic acids is 1. The van der Waals surface area contributed by atoms with Gasteiger partial charge in [-0.05, 0) is 24.3 Å². The molecule has 0 aliphatic carbocycles. The van der Waals surface area contributed by atoms with E-state index in [1.807, 2.05) is 0 Å². The molecule has 0 unspecified atom stereocenters. The summed E-state index contributed by atoms with van der Waals surface area (Å²) in [6, 6.07) is 11.1. The fourth-order valence-electron chi connectivity index (χ4n) is 3.94. The Morgan fingerprint density at radius 1 is 1.04 bits per heavy atom. The minimum atomic E-state index is -1.21. The topological polar surface area (TPSA) is 107 Å². The molecule has 2 aliphatic heterocycles. The quantitative estimate of drug-likeness (QED) is 0.643. The fourth-order valence-corrected chi connectivity index (χ4v) is 4.33. The molecule has 0 spiro atoms. The number of para-hydroxylation sites is 1. The van der Waals surface area contributed by atoms with E-state index in [1.165, 1.54) is 6.07 Å². The number of hydrogen-bond acceptors (Lipinski definition) is 5. The first kappa shape index (κ1) is 17.7. The van der Waals surface area contributed by atoms with Crippen molar-refractivity contribution in [2.24, 2.45) is 11.8 Å². The highest BCUT2D eigenvalue weighted by Gasteiger charge is 2.61. The summed E-state index contributed by atoms with van der Waals surface area (Å²) >= 11 is 3.31. The van der Waals surface area contributed by atoms with Gasteiger partial charge < -0.3 is 10.2 Å². The van der Waals surface area contributed by atoms with E-state index in [9.17, 15) is 24.6 Å². The van der Waals surface area contributed by atoms with Crippen LogP contribution in [0.25, 0.3) is 0 Å². The fraction of sp³-hybridized carbons (Fsp3) is 0.211. The molecule has 2 heterocycles. The van der Waals surface area contributed by atoms with Gasteiger partial charge in [0, 0.05) is 16.1 Å². The van der Waals surface area contributed by atoms with Gasteiger partial charge >= 0.3 is 5.97 Å². The minimum Gasteiger partial charge on any atom is -0.508 e. The molecule has 0 saturated carbocycles. The number of imide groups is 1. The van der Waals surface area contributed by atoms with Crippen LogP contribution in [0.3, 0.4) is 0 Å². The maximum Gasteiger partial charge on any atom is 0.321 e. The van der Waals surface area contributed by atoms with Gasteiger partial charge in [0.25, 0.3) is 0 Å². The Morgan fingerprint density at radius 3 is 2.41 bits per heavy atom. The Hall–Kier alpha value is -2.71. The third kappa shape index (κ3) is 2.72. The number of carboxylic acid groups (broad SMARTS) is 1. The number of aromatic hydroxyl groups is 1. The lowest BCUT2D eigenvalue weighted by Crippen LogP contribution is -2.43. The summed E-state index contributed by atoms with van der Waals surface area (Å²) < 4.78 is 0.697. The standard InChI is InChI=1S/C19H15BrN2O5/c20-9-4-3-5-10(8-9)22-17(24)13-14(18(22)25)16(19(26)27)21-15(13)11-6-1-2-7-12(11)23/h1-8,13-16,21,23H,(H,26,27)/t13-,14-,15-,16-/m0/s1. The first-order valence-electron chi connectivity index (χ1n) is 8.30. The van der Waals surface area contributed by atoms with Crippen molar-refractivity contribution in [3.63, 3.8) is 0 Å². The molecule has 2 fully saturated rings. The normalized spacial score (nSPS) is 27.1. The summed E-state index contributed by atoms with van der Waals surface area (Å²) in [4.78, 5) is 38.9. The molecule has 2 aromatic rings. The molecule has 0 radical (unpaired) electrons. The average Bonchev–Trinajstić information content (AvgIpc) is 3.13. The number of halogens is 1. The molecule has 2 aromatic carbocycles. The lowest BCUT2D eigenvalue weighted by molar-refractivity contribution is -0.142. The van der Waals surface area contributed by atoms with Gasteiger partial charge in [-0.1, -0.05) is 40.2 Å². The van der Waals surface area contributed by atoms with Crippen molar-refractivity contribution in [2.75, 3.05) is 4.90 Å². The minimum absolute atomic E-state index is 0.0547. The van der Waals surface area contributed by atoms with Gasteiger partial charge in [0.2, 0.25) is 11.8 Å². The molecule has 2 saturated heterocycles. The molecule has 3 N–H and O–H groups in total. The molecule has 4 rings (SSSR count). The number of phenolic OH excluding ortho intramolecular Hbond substituents is 1. The highest BCUT2D eigenvalue weighted by molar-refractivity contribution is 9.10. The van der Waals surface area contributed by atoms with Gasteiger partial charge in [0.05, 0.1) is 17.5 Å². The van der Waals surface area contributed by atoms with E-state index < -0.39 is 41.7 Å². The molecule has 0 aromatic heterocycles. The van der Waals surface area contributed by atoms with Crippen molar-refractivity contribution >= 4 is 39.4 Å². The third-order valence-corrected chi connectivity index (χ3v) is 5.57. The van der Waals surface area contributed by atoms with Crippen molar-refractivity contribution < 1.29 is 24.6 Å². The van der Waals surface area contributed by atoms with E-state index in [0.29, 0.717) is 15.7 Å². The van der Waals surface area contributed by atoms with Crippen LogP contribution in [0.1, 0.15) is 11.6 Å². The van der Waals surface area contributed by atoms with E-state index in [-0.39, 0.29) is 5.75 Å². The summed E-state index contributed by atoms with van der Waals surface area (Å²) in [7, 11) is 0. The zero-order valence-electron chi connectivity index (χ0n) is 13.9. The second-order valence-corrected chi connectivity index (χ2v) is 7.48. The largest absolute Gasteiger partial charge is 0.508 e. The molecule has 2 amide bonds. The van der Waals surface area contributed by atoms with Crippen LogP contribution in [0.2, 0.25) is 0 Å². The second kappa shape index (κ2) is 6.47. The Labute approximate surface area is 162 Å². The van der Waals surface area contributed by atoms with Crippen LogP contribution in [0.4, 0.5) is 5.69 Å². The predicted molar refractivity (Wildman–Crippen MR) is 99.0 cm³/mol. The van der Waals surface area contributed by atoms with Crippen LogP contribution in [-0.2, 0) is 14.4 Å².